The Kier molecular flexibility index (Phi) is 4.90. The fraction of sp³-hybridized carbons (Fsp3) is 0.700. The molecule has 0 bridgehead atoms. The van der Waals surface area contributed by atoms with Crippen LogP contribution >= 0.6 is 0 Å². The third-order valence-electron chi connectivity index (χ3n) is 10.2. The van der Waals surface area contributed by atoms with E-state index in [0.29, 0.717) is 16.7 Å². The summed E-state index contributed by atoms with van der Waals surface area (Å²) in [4.78, 5) is 0. The standard InChI is InChI=1S/C30H42/c1-19-8-10-22-18-21(3)23(25-12-11-24(19)28(22)25)13-14-26-20(2)9-15-27-29(4,5)16-7-17-30(26,27)6/h10,18,20,22,26-27H,7,9,11-17H2,1-6H3/t20-,22?,26-,27-,30+/m0/s1. The second-order valence-corrected chi connectivity index (χ2v) is 12.3. The second kappa shape index (κ2) is 7.13. The second-order valence-electron chi connectivity index (χ2n) is 12.3. The van der Waals surface area contributed by atoms with Crippen molar-refractivity contribution in [3.8, 4) is 0 Å². The molecule has 0 aromatic rings. The van der Waals surface area contributed by atoms with E-state index >= 15 is 0 Å². The lowest BCUT2D eigenvalue weighted by Crippen LogP contribution is -2.51. The van der Waals surface area contributed by atoms with Crippen LogP contribution in [-0.2, 0) is 0 Å². The van der Waals surface area contributed by atoms with E-state index in [9.17, 15) is 0 Å². The van der Waals surface area contributed by atoms with E-state index in [1.54, 1.807) is 27.9 Å². The summed E-state index contributed by atoms with van der Waals surface area (Å²) in [5, 5.41) is 0. The van der Waals surface area contributed by atoms with Gasteiger partial charge in [-0.2, -0.15) is 0 Å². The van der Waals surface area contributed by atoms with Crippen LogP contribution < -0.4 is 0 Å². The highest BCUT2D eigenvalue weighted by atomic mass is 14.6. The largest absolute Gasteiger partial charge is 0.121 e. The van der Waals surface area contributed by atoms with Gasteiger partial charge in [-0.1, -0.05) is 52.2 Å². The van der Waals surface area contributed by atoms with Gasteiger partial charge in [0.15, 0.2) is 0 Å². The molecule has 5 aliphatic rings. The molecular weight excluding hydrogens is 360 g/mol. The van der Waals surface area contributed by atoms with E-state index in [-0.39, 0.29) is 0 Å². The van der Waals surface area contributed by atoms with E-state index in [1.807, 2.05) is 0 Å². The minimum atomic E-state index is 0.500. The summed E-state index contributed by atoms with van der Waals surface area (Å²) in [6, 6.07) is 0. The minimum absolute atomic E-state index is 0.500. The Labute approximate surface area is 185 Å². The molecule has 0 N–H and O–H groups in total. The van der Waals surface area contributed by atoms with Crippen LogP contribution in [-0.4, -0.2) is 0 Å². The first-order chi connectivity index (χ1) is 14.2. The Balaban J connectivity index is 1.43. The highest BCUT2D eigenvalue weighted by Crippen LogP contribution is 2.62. The molecule has 162 valence electrons. The first-order valence-corrected chi connectivity index (χ1v) is 12.8. The van der Waals surface area contributed by atoms with Crippen LogP contribution in [0.15, 0.2) is 51.3 Å². The van der Waals surface area contributed by atoms with E-state index in [0.717, 1.165) is 17.8 Å². The van der Waals surface area contributed by atoms with Crippen LogP contribution in [0.1, 0.15) is 99.3 Å². The van der Waals surface area contributed by atoms with E-state index in [1.165, 1.54) is 63.4 Å². The predicted molar refractivity (Wildman–Crippen MR) is 128 cm³/mol. The van der Waals surface area contributed by atoms with Crippen molar-refractivity contribution in [1.29, 1.82) is 0 Å². The van der Waals surface area contributed by atoms with Gasteiger partial charge in [0.1, 0.15) is 0 Å². The van der Waals surface area contributed by atoms with Crippen molar-refractivity contribution >= 4 is 0 Å². The average molecular weight is 403 g/mol. The van der Waals surface area contributed by atoms with Crippen LogP contribution in [0.25, 0.3) is 0 Å². The number of hydrogen-bond acceptors (Lipinski definition) is 0. The molecule has 0 amide bonds. The molecule has 0 nitrogen and oxygen atoms in total. The lowest BCUT2D eigenvalue weighted by Gasteiger charge is -2.59. The van der Waals surface area contributed by atoms with Gasteiger partial charge in [0, 0.05) is 5.92 Å². The third-order valence-corrected chi connectivity index (χ3v) is 10.2. The maximum Gasteiger partial charge on any atom is 0.0285 e. The van der Waals surface area contributed by atoms with Gasteiger partial charge in [-0.05, 0) is 121 Å². The van der Waals surface area contributed by atoms with E-state index in [2.05, 4.69) is 59.4 Å². The van der Waals surface area contributed by atoms with Gasteiger partial charge in [0.05, 0.1) is 0 Å². The monoisotopic (exact) mass is 402 g/mol. The summed E-state index contributed by atoms with van der Waals surface area (Å²) in [7, 11) is 0. The molecule has 0 radical (unpaired) electrons. The van der Waals surface area contributed by atoms with Crippen molar-refractivity contribution in [2.24, 2.45) is 34.5 Å². The first kappa shape index (κ1) is 20.6. The molecule has 0 aromatic carbocycles. The molecule has 2 fully saturated rings. The number of rotatable bonds is 3. The molecule has 0 heteroatoms. The molecule has 0 saturated heterocycles. The maximum atomic E-state index is 3.54. The number of hydrogen-bond donors (Lipinski definition) is 0. The summed E-state index contributed by atoms with van der Waals surface area (Å²) in [6.45, 7) is 15.0. The molecule has 1 unspecified atom stereocenters. The van der Waals surface area contributed by atoms with Crippen LogP contribution in [0.5, 0.6) is 0 Å². The normalized spacial score (nSPS) is 39.5. The fourth-order valence-electron chi connectivity index (χ4n) is 8.80. The zero-order valence-corrected chi connectivity index (χ0v) is 20.3. The summed E-state index contributed by atoms with van der Waals surface area (Å²) < 4.78 is 0. The van der Waals surface area contributed by atoms with Gasteiger partial charge in [0.2, 0.25) is 0 Å². The van der Waals surface area contributed by atoms with E-state index in [4.69, 9.17) is 0 Å². The smallest absolute Gasteiger partial charge is 0.0285 e. The van der Waals surface area contributed by atoms with Crippen LogP contribution in [0, 0.1) is 34.5 Å². The Morgan fingerprint density at radius 1 is 1.03 bits per heavy atom. The van der Waals surface area contributed by atoms with Gasteiger partial charge >= 0.3 is 0 Å². The fourth-order valence-corrected chi connectivity index (χ4v) is 8.80. The highest BCUT2D eigenvalue weighted by Gasteiger charge is 2.53. The SMILES string of the molecule is CC1=C=CC2C=C(C)C(CC[C@H]3[C@@H](C)CC[C@H]4C(C)(C)CCC[C@]34C)=C3CCC1=C32. The van der Waals surface area contributed by atoms with Gasteiger partial charge in [-0.15, -0.1) is 5.73 Å². The average Bonchev–Trinajstić information content (AvgIpc) is 3.11. The summed E-state index contributed by atoms with van der Waals surface area (Å²) in [5.41, 5.74) is 14.3. The van der Waals surface area contributed by atoms with E-state index < -0.39 is 0 Å². The Morgan fingerprint density at radius 2 is 1.80 bits per heavy atom. The molecule has 0 spiro atoms. The molecule has 0 aliphatic heterocycles. The van der Waals surface area contributed by atoms with Gasteiger partial charge in [-0.25, -0.2) is 0 Å². The molecule has 30 heavy (non-hydrogen) atoms. The predicted octanol–water partition coefficient (Wildman–Crippen LogP) is 8.72. The maximum absolute atomic E-state index is 3.54. The number of fused-ring (bicyclic) bond motifs is 1. The molecule has 5 rings (SSSR count). The van der Waals surface area contributed by atoms with Crippen LogP contribution in [0.2, 0.25) is 0 Å². The van der Waals surface area contributed by atoms with Crippen LogP contribution in [0.3, 0.4) is 0 Å². The van der Waals surface area contributed by atoms with Crippen molar-refractivity contribution in [2.75, 3.05) is 0 Å². The lowest BCUT2D eigenvalue weighted by molar-refractivity contribution is -0.0956. The summed E-state index contributed by atoms with van der Waals surface area (Å²) in [6.07, 6.45) is 17.3. The van der Waals surface area contributed by atoms with Crippen molar-refractivity contribution in [2.45, 2.75) is 99.3 Å². The molecule has 2 saturated carbocycles. The molecule has 5 atom stereocenters. The minimum Gasteiger partial charge on any atom is -0.121 e. The Hall–Kier alpha value is -1.26. The molecule has 0 aromatic heterocycles. The zero-order valence-electron chi connectivity index (χ0n) is 20.3. The van der Waals surface area contributed by atoms with Crippen molar-refractivity contribution < 1.29 is 0 Å². The molecule has 0 heterocycles. The number of allylic oxidation sites excluding steroid dienone is 7. The van der Waals surface area contributed by atoms with Crippen molar-refractivity contribution in [1.82, 2.24) is 0 Å². The topological polar surface area (TPSA) is 0 Å². The zero-order chi connectivity index (χ0) is 21.3. The molecule has 5 aliphatic carbocycles. The first-order valence-electron chi connectivity index (χ1n) is 12.8. The van der Waals surface area contributed by atoms with Gasteiger partial charge in [-0.3, -0.25) is 0 Å². The van der Waals surface area contributed by atoms with Crippen molar-refractivity contribution in [3.63, 3.8) is 0 Å². The van der Waals surface area contributed by atoms with Gasteiger partial charge in [0.25, 0.3) is 0 Å². The lowest BCUT2D eigenvalue weighted by atomic mass is 9.46. The molecular formula is C30H42. The quantitative estimate of drug-likeness (QED) is 0.414. The highest BCUT2D eigenvalue weighted by molar-refractivity contribution is 5.62. The Morgan fingerprint density at radius 3 is 2.60 bits per heavy atom. The van der Waals surface area contributed by atoms with Crippen molar-refractivity contribution in [3.05, 3.63) is 51.3 Å². The third kappa shape index (κ3) is 3.01. The Bertz CT molecular complexity index is 910. The van der Waals surface area contributed by atoms with Gasteiger partial charge < -0.3 is 0 Å². The summed E-state index contributed by atoms with van der Waals surface area (Å²) in [5.74, 6) is 3.19. The summed E-state index contributed by atoms with van der Waals surface area (Å²) >= 11 is 0. The van der Waals surface area contributed by atoms with Crippen LogP contribution in [0.4, 0.5) is 0 Å².